The Hall–Kier alpha value is -1.01. The second kappa shape index (κ2) is 4.93. The Morgan fingerprint density at radius 3 is 2.61 bits per heavy atom. The Morgan fingerprint density at radius 1 is 1.28 bits per heavy atom. The van der Waals surface area contributed by atoms with Crippen molar-refractivity contribution in [1.29, 1.82) is 0 Å². The molecule has 1 aromatic carbocycles. The van der Waals surface area contributed by atoms with Gasteiger partial charge in [-0.3, -0.25) is 0 Å². The van der Waals surface area contributed by atoms with Crippen molar-refractivity contribution >= 4 is 27.5 Å². The molecule has 18 heavy (non-hydrogen) atoms. The summed E-state index contributed by atoms with van der Waals surface area (Å²) in [5.41, 5.74) is 0.531. The van der Waals surface area contributed by atoms with E-state index < -0.39 is 12.7 Å². The average molecular weight is 340 g/mol. The molecule has 0 unspecified atom stereocenters. The summed E-state index contributed by atoms with van der Waals surface area (Å²) in [7, 11) is 0. The molecule has 2 aromatic rings. The van der Waals surface area contributed by atoms with Crippen molar-refractivity contribution in [2.75, 3.05) is 0 Å². The van der Waals surface area contributed by atoms with Crippen LogP contribution in [-0.2, 0) is 6.54 Å². The predicted octanol–water partition coefficient (Wildman–Crippen LogP) is 4.53. The third kappa shape index (κ3) is 3.26. The molecule has 0 aliphatic rings. The molecular weight excluding hydrogens is 332 g/mol. The monoisotopic (exact) mass is 338 g/mol. The highest BCUT2D eigenvalue weighted by Crippen LogP contribution is 2.28. The average Bonchev–Trinajstić information content (AvgIpc) is 2.61. The molecule has 0 atom stereocenters. The minimum atomic E-state index is -4.29. The lowest BCUT2D eigenvalue weighted by atomic mass is 10.2. The zero-order chi connectivity index (χ0) is 13.3. The quantitative estimate of drug-likeness (QED) is 0.786. The molecule has 0 amide bonds. The molecule has 0 bridgehead atoms. The van der Waals surface area contributed by atoms with Crippen LogP contribution in [0.15, 0.2) is 35.1 Å². The van der Waals surface area contributed by atoms with Crippen LogP contribution in [0.4, 0.5) is 13.2 Å². The third-order valence-corrected chi connectivity index (χ3v) is 2.86. The first kappa shape index (κ1) is 13.4. The Bertz CT molecular complexity index is 545. The van der Waals surface area contributed by atoms with E-state index in [-0.39, 0.29) is 5.82 Å². The van der Waals surface area contributed by atoms with Crippen LogP contribution in [0.25, 0.3) is 11.4 Å². The normalized spacial score (nSPS) is 11.8. The van der Waals surface area contributed by atoms with Crippen molar-refractivity contribution in [3.8, 4) is 11.4 Å². The van der Waals surface area contributed by atoms with Gasteiger partial charge in [-0.05, 0) is 18.2 Å². The van der Waals surface area contributed by atoms with E-state index in [0.29, 0.717) is 15.1 Å². The van der Waals surface area contributed by atoms with Gasteiger partial charge in [-0.1, -0.05) is 27.5 Å². The minimum absolute atomic E-state index is 0.232. The number of halogens is 5. The first-order valence-corrected chi connectivity index (χ1v) is 6.06. The fraction of sp³-hybridized carbons (Fsp3) is 0.182. The molecular formula is C11H7BrClF3N2. The minimum Gasteiger partial charge on any atom is -0.322 e. The standard InChI is InChI=1S/C11H7BrClF3N2/c12-8-3-7(4-9(13)5-8)10-17-1-2-18(10)6-11(14,15)16/h1-5H,6H2. The Balaban J connectivity index is 2.42. The molecule has 7 heteroatoms. The highest BCUT2D eigenvalue weighted by atomic mass is 79.9. The van der Waals surface area contributed by atoms with Crippen LogP contribution in [0.5, 0.6) is 0 Å². The van der Waals surface area contributed by atoms with Crippen LogP contribution in [0.1, 0.15) is 0 Å². The fourth-order valence-electron chi connectivity index (χ4n) is 1.57. The van der Waals surface area contributed by atoms with E-state index in [9.17, 15) is 13.2 Å². The lowest BCUT2D eigenvalue weighted by Gasteiger charge is -2.11. The van der Waals surface area contributed by atoms with Gasteiger partial charge in [-0.25, -0.2) is 4.98 Å². The molecule has 0 spiro atoms. The molecule has 1 aromatic heterocycles. The van der Waals surface area contributed by atoms with Gasteiger partial charge < -0.3 is 4.57 Å². The molecule has 0 N–H and O–H groups in total. The largest absolute Gasteiger partial charge is 0.406 e. The summed E-state index contributed by atoms with van der Waals surface area (Å²) in [6.07, 6.45) is -1.67. The molecule has 0 radical (unpaired) electrons. The molecule has 2 nitrogen and oxygen atoms in total. The van der Waals surface area contributed by atoms with Gasteiger partial charge in [0.15, 0.2) is 0 Å². The van der Waals surface area contributed by atoms with Gasteiger partial charge in [-0.15, -0.1) is 0 Å². The second-order valence-electron chi connectivity index (χ2n) is 3.65. The van der Waals surface area contributed by atoms with E-state index in [2.05, 4.69) is 20.9 Å². The lowest BCUT2D eigenvalue weighted by molar-refractivity contribution is -0.140. The maximum absolute atomic E-state index is 12.4. The van der Waals surface area contributed by atoms with Gasteiger partial charge in [0.1, 0.15) is 12.4 Å². The highest BCUT2D eigenvalue weighted by Gasteiger charge is 2.29. The van der Waals surface area contributed by atoms with E-state index >= 15 is 0 Å². The molecule has 0 saturated heterocycles. The van der Waals surface area contributed by atoms with Gasteiger partial charge in [0.25, 0.3) is 0 Å². The topological polar surface area (TPSA) is 17.8 Å². The zero-order valence-corrected chi connectivity index (χ0v) is 11.2. The summed E-state index contributed by atoms with van der Waals surface area (Å²) in [6.45, 7) is -1.08. The van der Waals surface area contributed by atoms with Crippen LogP contribution in [0.2, 0.25) is 5.02 Å². The van der Waals surface area contributed by atoms with Crippen LogP contribution in [-0.4, -0.2) is 15.7 Å². The van der Waals surface area contributed by atoms with Crippen molar-refractivity contribution in [2.45, 2.75) is 12.7 Å². The molecule has 96 valence electrons. The lowest BCUT2D eigenvalue weighted by Crippen LogP contribution is -2.17. The van der Waals surface area contributed by atoms with E-state index in [0.717, 1.165) is 4.57 Å². The molecule has 0 fully saturated rings. The summed E-state index contributed by atoms with van der Waals surface area (Å²) in [5, 5.41) is 0.431. The Kier molecular flexibility index (Phi) is 3.68. The smallest absolute Gasteiger partial charge is 0.322 e. The van der Waals surface area contributed by atoms with E-state index in [1.807, 2.05) is 0 Å². The molecule has 0 saturated carbocycles. The Morgan fingerprint density at radius 2 is 2.00 bits per heavy atom. The van der Waals surface area contributed by atoms with Crippen LogP contribution < -0.4 is 0 Å². The first-order valence-electron chi connectivity index (χ1n) is 4.89. The summed E-state index contributed by atoms with van der Waals surface area (Å²) >= 11 is 9.10. The van der Waals surface area contributed by atoms with E-state index in [4.69, 9.17) is 11.6 Å². The molecule has 0 aliphatic heterocycles. The summed E-state index contributed by atoms with van der Waals surface area (Å²) in [6, 6.07) is 4.89. The zero-order valence-electron chi connectivity index (χ0n) is 8.88. The SMILES string of the molecule is FC(F)(F)Cn1ccnc1-c1cc(Cl)cc(Br)c1. The first-order chi connectivity index (χ1) is 8.35. The van der Waals surface area contributed by atoms with E-state index in [1.54, 1.807) is 18.2 Å². The van der Waals surface area contributed by atoms with Crippen LogP contribution in [0.3, 0.4) is 0 Å². The number of hydrogen-bond acceptors (Lipinski definition) is 1. The predicted molar refractivity (Wildman–Crippen MR) is 66.4 cm³/mol. The van der Waals surface area contributed by atoms with Gasteiger partial charge in [0, 0.05) is 27.5 Å². The summed E-state index contributed by atoms with van der Waals surface area (Å²) in [4.78, 5) is 3.94. The molecule has 1 heterocycles. The summed E-state index contributed by atoms with van der Waals surface area (Å²) < 4.78 is 38.9. The van der Waals surface area contributed by atoms with Crippen LogP contribution in [0, 0.1) is 0 Å². The van der Waals surface area contributed by atoms with Crippen molar-refractivity contribution in [3.05, 3.63) is 40.1 Å². The summed E-state index contributed by atoms with van der Waals surface area (Å²) in [5.74, 6) is 0.232. The number of rotatable bonds is 2. The number of alkyl halides is 3. The number of imidazole rings is 1. The Labute approximate surface area is 115 Å². The van der Waals surface area contributed by atoms with Gasteiger partial charge in [0.05, 0.1) is 0 Å². The maximum atomic E-state index is 12.4. The van der Waals surface area contributed by atoms with Crippen molar-refractivity contribution in [3.63, 3.8) is 0 Å². The van der Waals surface area contributed by atoms with Crippen molar-refractivity contribution in [2.24, 2.45) is 0 Å². The van der Waals surface area contributed by atoms with Gasteiger partial charge in [0.2, 0.25) is 0 Å². The number of nitrogens with zero attached hydrogens (tertiary/aromatic N) is 2. The highest BCUT2D eigenvalue weighted by molar-refractivity contribution is 9.10. The van der Waals surface area contributed by atoms with Crippen LogP contribution >= 0.6 is 27.5 Å². The number of aromatic nitrogens is 2. The van der Waals surface area contributed by atoms with Crippen molar-refractivity contribution in [1.82, 2.24) is 9.55 Å². The fourth-order valence-corrected chi connectivity index (χ4v) is 2.43. The number of hydrogen-bond donors (Lipinski definition) is 0. The third-order valence-electron chi connectivity index (χ3n) is 2.19. The maximum Gasteiger partial charge on any atom is 0.406 e. The molecule has 0 aliphatic carbocycles. The van der Waals surface area contributed by atoms with Crippen molar-refractivity contribution < 1.29 is 13.2 Å². The molecule has 2 rings (SSSR count). The second-order valence-corrected chi connectivity index (χ2v) is 5.00. The van der Waals surface area contributed by atoms with Gasteiger partial charge >= 0.3 is 6.18 Å². The number of benzene rings is 1. The van der Waals surface area contributed by atoms with E-state index in [1.165, 1.54) is 12.4 Å². The van der Waals surface area contributed by atoms with Gasteiger partial charge in [-0.2, -0.15) is 13.2 Å².